The number of carbonyl (C=O) groups is 1. The number of nitrogens with zero attached hydrogens (tertiary/aromatic N) is 1. The molecule has 2 rings (SSSR count). The van der Waals surface area contributed by atoms with Gasteiger partial charge in [-0.25, -0.2) is 4.98 Å². The molecule has 1 atom stereocenters. The van der Waals surface area contributed by atoms with Gasteiger partial charge >= 0.3 is 5.97 Å². The van der Waals surface area contributed by atoms with Crippen LogP contribution in [0.5, 0.6) is 0 Å². The number of nitrogens with two attached hydrogens (primary N) is 1. The van der Waals surface area contributed by atoms with Gasteiger partial charge in [-0.1, -0.05) is 23.7 Å². The highest BCUT2D eigenvalue weighted by molar-refractivity contribution is 7.13. The second-order valence-electron chi connectivity index (χ2n) is 3.80. The van der Waals surface area contributed by atoms with Crippen LogP contribution in [-0.2, 0) is 11.2 Å². The van der Waals surface area contributed by atoms with Crippen molar-refractivity contribution in [1.82, 2.24) is 4.98 Å². The number of carboxylic acid groups (broad SMARTS) is 1. The van der Waals surface area contributed by atoms with E-state index in [-0.39, 0.29) is 6.42 Å². The van der Waals surface area contributed by atoms with Crippen molar-refractivity contribution in [3.8, 4) is 10.6 Å². The minimum absolute atomic E-state index is 0.236. The van der Waals surface area contributed by atoms with Crippen molar-refractivity contribution in [2.45, 2.75) is 12.5 Å². The van der Waals surface area contributed by atoms with Gasteiger partial charge in [0.25, 0.3) is 0 Å². The molecule has 0 saturated heterocycles. The number of carboxylic acids is 1. The summed E-state index contributed by atoms with van der Waals surface area (Å²) in [7, 11) is 0. The molecule has 6 heteroatoms. The maximum absolute atomic E-state index is 10.7. The average Bonchev–Trinajstić information content (AvgIpc) is 2.78. The van der Waals surface area contributed by atoms with Crippen molar-refractivity contribution in [3.63, 3.8) is 0 Å². The molecule has 0 amide bonds. The van der Waals surface area contributed by atoms with Crippen molar-refractivity contribution < 1.29 is 9.90 Å². The van der Waals surface area contributed by atoms with Gasteiger partial charge in [0.05, 0.1) is 5.69 Å². The van der Waals surface area contributed by atoms with Gasteiger partial charge in [-0.15, -0.1) is 11.3 Å². The van der Waals surface area contributed by atoms with E-state index in [4.69, 9.17) is 22.4 Å². The average molecular weight is 283 g/mol. The third kappa shape index (κ3) is 3.07. The first-order valence-corrected chi connectivity index (χ1v) is 6.51. The Bertz CT molecular complexity index is 553. The maximum Gasteiger partial charge on any atom is 0.320 e. The number of aliphatic carboxylic acids is 1. The lowest BCUT2D eigenvalue weighted by atomic mass is 10.2. The van der Waals surface area contributed by atoms with E-state index < -0.39 is 12.0 Å². The second-order valence-corrected chi connectivity index (χ2v) is 5.09. The number of rotatable bonds is 4. The molecule has 0 unspecified atom stereocenters. The Kier molecular flexibility index (Phi) is 3.96. The predicted molar refractivity (Wildman–Crippen MR) is 71.9 cm³/mol. The van der Waals surface area contributed by atoms with Crippen molar-refractivity contribution >= 4 is 28.9 Å². The molecule has 1 aromatic heterocycles. The lowest BCUT2D eigenvalue weighted by Gasteiger charge is -2.02. The lowest BCUT2D eigenvalue weighted by Crippen LogP contribution is -2.32. The van der Waals surface area contributed by atoms with E-state index in [1.54, 1.807) is 12.1 Å². The van der Waals surface area contributed by atoms with Crippen LogP contribution in [0.15, 0.2) is 29.6 Å². The topological polar surface area (TPSA) is 76.2 Å². The minimum atomic E-state index is -1.02. The Morgan fingerprint density at radius 2 is 2.11 bits per heavy atom. The van der Waals surface area contributed by atoms with Gasteiger partial charge < -0.3 is 10.8 Å². The maximum atomic E-state index is 10.7. The van der Waals surface area contributed by atoms with Crippen LogP contribution in [0.4, 0.5) is 0 Å². The van der Waals surface area contributed by atoms with Crippen molar-refractivity contribution in [1.29, 1.82) is 0 Å². The van der Waals surface area contributed by atoms with Gasteiger partial charge in [-0.3, -0.25) is 4.79 Å². The van der Waals surface area contributed by atoms with Crippen LogP contribution in [0.25, 0.3) is 10.6 Å². The third-order valence-corrected chi connectivity index (χ3v) is 3.58. The summed E-state index contributed by atoms with van der Waals surface area (Å²) >= 11 is 7.27. The first-order valence-electron chi connectivity index (χ1n) is 5.25. The van der Waals surface area contributed by atoms with E-state index in [9.17, 15) is 4.79 Å². The van der Waals surface area contributed by atoms with Crippen molar-refractivity contribution in [3.05, 3.63) is 40.4 Å². The Hall–Kier alpha value is -1.43. The largest absolute Gasteiger partial charge is 0.480 e. The summed E-state index contributed by atoms with van der Waals surface area (Å²) in [5.74, 6) is -1.02. The van der Waals surface area contributed by atoms with E-state index in [0.29, 0.717) is 10.7 Å². The van der Waals surface area contributed by atoms with E-state index >= 15 is 0 Å². The highest BCUT2D eigenvalue weighted by Crippen LogP contribution is 2.25. The summed E-state index contributed by atoms with van der Waals surface area (Å²) in [6.45, 7) is 0. The number of hydrogen-bond acceptors (Lipinski definition) is 4. The molecular weight excluding hydrogens is 272 g/mol. The molecule has 3 N–H and O–H groups in total. The van der Waals surface area contributed by atoms with Gasteiger partial charge in [-0.2, -0.15) is 0 Å². The zero-order valence-electron chi connectivity index (χ0n) is 9.34. The predicted octanol–water partition coefficient (Wildman–Crippen LogP) is 2.42. The van der Waals surface area contributed by atoms with Crippen LogP contribution >= 0.6 is 22.9 Å². The SMILES string of the molecule is N[C@H](Cc1csc(-c2ccc(Cl)cc2)n1)C(=O)O. The van der Waals surface area contributed by atoms with Crippen LogP contribution < -0.4 is 5.73 Å². The first kappa shape index (κ1) is 13.0. The molecule has 0 aliphatic rings. The molecule has 0 radical (unpaired) electrons. The van der Waals surface area contributed by atoms with E-state index in [2.05, 4.69) is 4.98 Å². The molecule has 18 heavy (non-hydrogen) atoms. The van der Waals surface area contributed by atoms with Crippen LogP contribution in [0.1, 0.15) is 5.69 Å². The normalized spacial score (nSPS) is 12.3. The summed E-state index contributed by atoms with van der Waals surface area (Å²) in [4.78, 5) is 15.0. The summed E-state index contributed by atoms with van der Waals surface area (Å²) in [6.07, 6.45) is 0.236. The van der Waals surface area contributed by atoms with Crippen LogP contribution in [0.2, 0.25) is 5.02 Å². The Morgan fingerprint density at radius 3 is 2.72 bits per heavy atom. The summed E-state index contributed by atoms with van der Waals surface area (Å²) in [5.41, 5.74) is 7.12. The number of halogens is 1. The number of benzene rings is 1. The lowest BCUT2D eigenvalue weighted by molar-refractivity contribution is -0.138. The molecule has 94 valence electrons. The molecule has 4 nitrogen and oxygen atoms in total. The van der Waals surface area contributed by atoms with Crippen molar-refractivity contribution in [2.75, 3.05) is 0 Å². The number of thiazole rings is 1. The van der Waals surface area contributed by atoms with Gasteiger partial charge in [0.2, 0.25) is 0 Å². The summed E-state index contributed by atoms with van der Waals surface area (Å²) in [6, 6.07) is 6.43. The fraction of sp³-hybridized carbons (Fsp3) is 0.167. The fourth-order valence-electron chi connectivity index (χ4n) is 1.44. The smallest absolute Gasteiger partial charge is 0.320 e. The molecule has 0 aliphatic carbocycles. The van der Waals surface area contributed by atoms with Crippen molar-refractivity contribution in [2.24, 2.45) is 5.73 Å². The van der Waals surface area contributed by atoms with Crippen LogP contribution in [-0.4, -0.2) is 22.1 Å². The molecule has 0 saturated carbocycles. The quantitative estimate of drug-likeness (QED) is 0.903. The monoisotopic (exact) mass is 282 g/mol. The zero-order valence-corrected chi connectivity index (χ0v) is 10.9. The molecule has 2 aromatic rings. The van der Waals surface area contributed by atoms with Gasteiger partial charge in [0.1, 0.15) is 11.0 Å². The molecule has 0 fully saturated rings. The van der Waals surface area contributed by atoms with E-state index in [1.807, 2.05) is 17.5 Å². The zero-order chi connectivity index (χ0) is 13.1. The van der Waals surface area contributed by atoms with E-state index in [1.165, 1.54) is 11.3 Å². The second kappa shape index (κ2) is 5.48. The minimum Gasteiger partial charge on any atom is -0.480 e. The standard InChI is InChI=1S/C12H11ClN2O2S/c13-8-3-1-7(2-4-8)11-15-9(6-18-11)5-10(14)12(16)17/h1-4,6,10H,5,14H2,(H,16,17)/t10-/m1/s1. The number of aromatic nitrogens is 1. The summed E-state index contributed by atoms with van der Waals surface area (Å²) < 4.78 is 0. The first-order chi connectivity index (χ1) is 8.56. The van der Waals surface area contributed by atoms with Crippen LogP contribution in [0.3, 0.4) is 0 Å². The van der Waals surface area contributed by atoms with Gasteiger partial charge in [-0.05, 0) is 12.1 Å². The fourth-order valence-corrected chi connectivity index (χ4v) is 2.40. The Balaban J connectivity index is 2.15. The third-order valence-electron chi connectivity index (χ3n) is 2.39. The highest BCUT2D eigenvalue weighted by Gasteiger charge is 2.14. The van der Waals surface area contributed by atoms with Gasteiger partial charge in [0.15, 0.2) is 0 Å². The molecule has 1 aromatic carbocycles. The molecular formula is C12H11ClN2O2S. The van der Waals surface area contributed by atoms with E-state index in [0.717, 1.165) is 10.6 Å². The molecule has 0 spiro atoms. The Labute approximate surface area is 113 Å². The van der Waals surface area contributed by atoms with Crippen LogP contribution in [0, 0.1) is 0 Å². The summed E-state index contributed by atoms with van der Waals surface area (Å²) in [5, 5.41) is 12.1. The van der Waals surface area contributed by atoms with Gasteiger partial charge in [0, 0.05) is 22.4 Å². The molecule has 1 heterocycles. The molecule has 0 aliphatic heterocycles. The highest BCUT2D eigenvalue weighted by atomic mass is 35.5. The Morgan fingerprint density at radius 1 is 1.44 bits per heavy atom. The number of hydrogen-bond donors (Lipinski definition) is 2. The molecule has 0 bridgehead atoms.